The first-order valence-corrected chi connectivity index (χ1v) is 6.20. The average molecular weight is 298 g/mol. The highest BCUT2D eigenvalue weighted by molar-refractivity contribution is 6.34. The molecule has 0 aromatic heterocycles. The molecule has 6 heteroatoms. The predicted octanol–water partition coefficient (Wildman–Crippen LogP) is 1.75. The minimum absolute atomic E-state index is 0.0954. The maximum atomic E-state index is 11.6. The van der Waals surface area contributed by atoms with Crippen LogP contribution in [-0.2, 0) is 19.1 Å². The van der Waals surface area contributed by atoms with Crippen molar-refractivity contribution in [1.82, 2.24) is 0 Å². The molecule has 0 atom stereocenters. The van der Waals surface area contributed by atoms with Crippen LogP contribution in [0.1, 0.15) is 20.7 Å². The average Bonchev–Trinajstić information content (AvgIpc) is 2.56. The van der Waals surface area contributed by atoms with Crippen LogP contribution in [-0.4, -0.2) is 23.9 Å². The molecule has 0 heterocycles. The lowest BCUT2D eigenvalue weighted by molar-refractivity contribution is -0.160. The topological polar surface area (TPSA) is 86.7 Å². The first kappa shape index (κ1) is 15.1. The zero-order chi connectivity index (χ0) is 15.9. The number of hydrogen-bond acceptors (Lipinski definition) is 6. The molecule has 0 fully saturated rings. The number of esters is 4. The normalized spacial score (nSPS) is 9.64. The van der Waals surface area contributed by atoms with Crippen LogP contribution in [0.15, 0.2) is 60.7 Å². The van der Waals surface area contributed by atoms with Gasteiger partial charge < -0.3 is 9.47 Å². The Hall–Kier alpha value is -3.28. The van der Waals surface area contributed by atoms with E-state index in [0.717, 1.165) is 0 Å². The van der Waals surface area contributed by atoms with E-state index in [0.29, 0.717) is 0 Å². The highest BCUT2D eigenvalue weighted by Gasteiger charge is 2.25. The molecule has 110 valence electrons. The van der Waals surface area contributed by atoms with Gasteiger partial charge in [-0.25, -0.2) is 19.2 Å². The summed E-state index contributed by atoms with van der Waals surface area (Å²) in [5.74, 6) is -5.12. The molecule has 0 aliphatic rings. The van der Waals surface area contributed by atoms with Gasteiger partial charge in [-0.3, -0.25) is 0 Å². The monoisotopic (exact) mass is 298 g/mol. The van der Waals surface area contributed by atoms with Crippen LogP contribution in [0.25, 0.3) is 0 Å². The molecule has 2 aromatic carbocycles. The zero-order valence-electron chi connectivity index (χ0n) is 11.2. The van der Waals surface area contributed by atoms with Crippen molar-refractivity contribution in [1.29, 1.82) is 0 Å². The second kappa shape index (κ2) is 6.94. The Balaban J connectivity index is 1.94. The fraction of sp³-hybridized carbons (Fsp3) is 0. The van der Waals surface area contributed by atoms with Crippen molar-refractivity contribution in [3.05, 3.63) is 71.8 Å². The summed E-state index contributed by atoms with van der Waals surface area (Å²) >= 11 is 0. The Labute approximate surface area is 125 Å². The molecule has 0 aliphatic heterocycles. The van der Waals surface area contributed by atoms with Gasteiger partial charge >= 0.3 is 23.9 Å². The smallest absolute Gasteiger partial charge is 0.381 e. The number of rotatable bonds is 2. The van der Waals surface area contributed by atoms with E-state index in [4.69, 9.17) is 0 Å². The maximum Gasteiger partial charge on any atom is 0.425 e. The lowest BCUT2D eigenvalue weighted by Gasteiger charge is -2.03. The number of carbonyl (C=O) groups is 4. The highest BCUT2D eigenvalue weighted by atomic mass is 16.6. The Morgan fingerprint density at radius 2 is 0.864 bits per heavy atom. The molecule has 0 aliphatic carbocycles. The Morgan fingerprint density at radius 1 is 0.545 bits per heavy atom. The predicted molar refractivity (Wildman–Crippen MR) is 73.7 cm³/mol. The number of hydrogen-bond donors (Lipinski definition) is 0. The van der Waals surface area contributed by atoms with Crippen molar-refractivity contribution in [3.8, 4) is 0 Å². The van der Waals surface area contributed by atoms with Crippen molar-refractivity contribution in [2.75, 3.05) is 0 Å². The van der Waals surface area contributed by atoms with E-state index < -0.39 is 23.9 Å². The fourth-order valence-corrected chi connectivity index (χ4v) is 1.52. The van der Waals surface area contributed by atoms with Gasteiger partial charge in [-0.05, 0) is 24.3 Å². The van der Waals surface area contributed by atoms with Crippen LogP contribution >= 0.6 is 0 Å². The van der Waals surface area contributed by atoms with Crippen LogP contribution in [0.2, 0.25) is 0 Å². The molecule has 0 radical (unpaired) electrons. The quantitative estimate of drug-likeness (QED) is 0.477. The fourth-order valence-electron chi connectivity index (χ4n) is 1.52. The molecule has 0 saturated heterocycles. The Bertz CT molecular complexity index is 642. The summed E-state index contributed by atoms with van der Waals surface area (Å²) < 4.78 is 8.66. The minimum atomic E-state index is -1.56. The van der Waals surface area contributed by atoms with Gasteiger partial charge in [0.2, 0.25) is 0 Å². The summed E-state index contributed by atoms with van der Waals surface area (Å²) in [6, 6.07) is 15.3. The van der Waals surface area contributed by atoms with E-state index in [-0.39, 0.29) is 11.1 Å². The van der Waals surface area contributed by atoms with E-state index in [1.165, 1.54) is 24.3 Å². The first-order chi connectivity index (χ1) is 10.6. The largest absolute Gasteiger partial charge is 0.425 e. The summed E-state index contributed by atoms with van der Waals surface area (Å²) in [7, 11) is 0. The molecule has 0 bridgehead atoms. The number of benzene rings is 2. The molecule has 2 rings (SSSR count). The molecule has 0 unspecified atom stereocenters. The van der Waals surface area contributed by atoms with E-state index in [9.17, 15) is 19.2 Å². The molecule has 22 heavy (non-hydrogen) atoms. The third-order valence-corrected chi connectivity index (χ3v) is 2.56. The molecular formula is C16H10O6. The van der Waals surface area contributed by atoms with Crippen molar-refractivity contribution in [3.63, 3.8) is 0 Å². The molecular weight excluding hydrogens is 288 g/mol. The van der Waals surface area contributed by atoms with E-state index in [2.05, 4.69) is 9.47 Å². The standard InChI is InChI=1S/C16H10O6/c17-13(11-7-3-1-4-8-11)21-15(19)16(20)22-14(18)12-9-5-2-6-10-12/h1-10H. The third-order valence-electron chi connectivity index (χ3n) is 2.56. The van der Waals surface area contributed by atoms with Gasteiger partial charge in [-0.2, -0.15) is 0 Å². The van der Waals surface area contributed by atoms with Gasteiger partial charge in [0.1, 0.15) is 0 Å². The van der Waals surface area contributed by atoms with Crippen molar-refractivity contribution in [2.45, 2.75) is 0 Å². The van der Waals surface area contributed by atoms with Crippen LogP contribution in [0.5, 0.6) is 0 Å². The van der Waals surface area contributed by atoms with Gasteiger partial charge in [0.15, 0.2) is 0 Å². The third kappa shape index (κ3) is 3.86. The summed E-state index contributed by atoms with van der Waals surface area (Å²) in [5, 5.41) is 0. The van der Waals surface area contributed by atoms with Gasteiger partial charge in [-0.15, -0.1) is 0 Å². The summed E-state index contributed by atoms with van der Waals surface area (Å²) in [5.41, 5.74) is 0.191. The van der Waals surface area contributed by atoms with E-state index in [1.54, 1.807) is 36.4 Å². The van der Waals surface area contributed by atoms with Gasteiger partial charge in [-0.1, -0.05) is 36.4 Å². The summed E-state index contributed by atoms with van der Waals surface area (Å²) in [4.78, 5) is 46.0. The highest BCUT2D eigenvalue weighted by Crippen LogP contribution is 2.04. The van der Waals surface area contributed by atoms with Crippen LogP contribution in [0.3, 0.4) is 0 Å². The van der Waals surface area contributed by atoms with Crippen LogP contribution in [0.4, 0.5) is 0 Å². The molecule has 2 aromatic rings. The van der Waals surface area contributed by atoms with Crippen LogP contribution in [0, 0.1) is 0 Å². The second-order valence-corrected chi connectivity index (χ2v) is 4.09. The van der Waals surface area contributed by atoms with Gasteiger partial charge in [0.05, 0.1) is 11.1 Å². The van der Waals surface area contributed by atoms with Crippen molar-refractivity contribution >= 4 is 23.9 Å². The summed E-state index contributed by atoms with van der Waals surface area (Å²) in [6.45, 7) is 0. The maximum absolute atomic E-state index is 11.6. The molecule has 0 N–H and O–H groups in total. The second-order valence-electron chi connectivity index (χ2n) is 4.09. The Kier molecular flexibility index (Phi) is 4.77. The minimum Gasteiger partial charge on any atom is -0.381 e. The molecule has 6 nitrogen and oxygen atoms in total. The molecule has 0 saturated carbocycles. The van der Waals surface area contributed by atoms with Gasteiger partial charge in [0.25, 0.3) is 0 Å². The lowest BCUT2D eigenvalue weighted by atomic mass is 10.2. The van der Waals surface area contributed by atoms with Crippen molar-refractivity contribution < 1.29 is 28.7 Å². The Morgan fingerprint density at radius 3 is 1.18 bits per heavy atom. The number of carbonyl (C=O) groups excluding carboxylic acids is 4. The van der Waals surface area contributed by atoms with Gasteiger partial charge in [0, 0.05) is 0 Å². The first-order valence-electron chi connectivity index (χ1n) is 6.20. The van der Waals surface area contributed by atoms with E-state index in [1.807, 2.05) is 0 Å². The number of ether oxygens (including phenoxy) is 2. The summed E-state index contributed by atoms with van der Waals surface area (Å²) in [6.07, 6.45) is 0. The van der Waals surface area contributed by atoms with E-state index >= 15 is 0 Å². The zero-order valence-corrected chi connectivity index (χ0v) is 11.2. The lowest BCUT2D eigenvalue weighted by Crippen LogP contribution is -2.26. The van der Waals surface area contributed by atoms with Crippen LogP contribution < -0.4 is 0 Å². The molecule has 0 amide bonds. The SMILES string of the molecule is O=C(OC(=O)c1ccccc1)C(=O)OC(=O)c1ccccc1. The van der Waals surface area contributed by atoms with Crippen molar-refractivity contribution in [2.24, 2.45) is 0 Å². The molecule has 0 spiro atoms.